The van der Waals surface area contributed by atoms with E-state index in [-0.39, 0.29) is 5.82 Å². The first-order valence-electron chi connectivity index (χ1n) is 4.15. The number of rotatable bonds is 2. The van der Waals surface area contributed by atoms with Gasteiger partial charge in [-0.05, 0) is 29.8 Å². The van der Waals surface area contributed by atoms with Crippen LogP contribution >= 0.6 is 15.9 Å². The van der Waals surface area contributed by atoms with Crippen molar-refractivity contribution in [1.82, 2.24) is 10.2 Å². The van der Waals surface area contributed by atoms with Gasteiger partial charge in [-0.15, -0.1) is 0 Å². The third-order valence-corrected chi connectivity index (χ3v) is 2.61. The molecule has 0 radical (unpaired) electrons. The highest BCUT2D eigenvalue weighted by atomic mass is 79.9. The van der Waals surface area contributed by atoms with Crippen LogP contribution in [0.25, 0.3) is 11.3 Å². The molecule has 4 heteroatoms. The molecule has 2 aromatic rings. The number of nitrogens with one attached hydrogen (secondary N) is 1. The molecule has 0 bridgehead atoms. The second-order valence-electron chi connectivity index (χ2n) is 2.91. The maximum Gasteiger partial charge on any atom is 0.123 e. The summed E-state index contributed by atoms with van der Waals surface area (Å²) in [5.41, 5.74) is 2.79. The van der Waals surface area contributed by atoms with Crippen LogP contribution in [0.15, 0.2) is 30.5 Å². The molecular formula is C10H8BrFN2. The Morgan fingerprint density at radius 3 is 2.86 bits per heavy atom. The van der Waals surface area contributed by atoms with Crippen LogP contribution in [-0.2, 0) is 5.33 Å². The molecule has 0 aliphatic rings. The van der Waals surface area contributed by atoms with Crippen molar-refractivity contribution < 1.29 is 4.39 Å². The van der Waals surface area contributed by atoms with Gasteiger partial charge >= 0.3 is 0 Å². The third kappa shape index (κ3) is 1.70. The maximum atomic E-state index is 12.9. The van der Waals surface area contributed by atoms with Crippen LogP contribution in [-0.4, -0.2) is 10.2 Å². The average Bonchev–Trinajstić information content (AvgIpc) is 2.70. The standard InChI is InChI=1S/C10H8BrFN2/c11-6-7-5-8(12)1-2-9(7)10-3-4-13-14-10/h1-5H,6H2,(H,13,14). The van der Waals surface area contributed by atoms with Gasteiger partial charge in [-0.25, -0.2) is 4.39 Å². The van der Waals surface area contributed by atoms with Crippen LogP contribution in [0.2, 0.25) is 0 Å². The summed E-state index contributed by atoms with van der Waals surface area (Å²) in [6, 6.07) is 6.58. The Labute approximate surface area is 89.3 Å². The molecule has 0 fully saturated rings. The monoisotopic (exact) mass is 254 g/mol. The molecule has 0 unspecified atom stereocenters. The van der Waals surface area contributed by atoms with Gasteiger partial charge in [0.05, 0.1) is 5.69 Å². The Kier molecular flexibility index (Phi) is 2.63. The van der Waals surface area contributed by atoms with E-state index in [1.54, 1.807) is 12.3 Å². The van der Waals surface area contributed by atoms with Crippen molar-refractivity contribution in [3.8, 4) is 11.3 Å². The van der Waals surface area contributed by atoms with E-state index in [9.17, 15) is 4.39 Å². The summed E-state index contributed by atoms with van der Waals surface area (Å²) in [6.45, 7) is 0. The normalized spacial score (nSPS) is 10.4. The molecule has 72 valence electrons. The molecule has 0 aliphatic carbocycles. The largest absolute Gasteiger partial charge is 0.278 e. The summed E-state index contributed by atoms with van der Waals surface area (Å²) in [6.07, 6.45) is 1.68. The fourth-order valence-corrected chi connectivity index (χ4v) is 1.81. The molecule has 1 N–H and O–H groups in total. The van der Waals surface area contributed by atoms with Gasteiger partial charge < -0.3 is 0 Å². The third-order valence-electron chi connectivity index (χ3n) is 2.00. The molecule has 0 atom stereocenters. The van der Waals surface area contributed by atoms with Crippen LogP contribution in [0.1, 0.15) is 5.56 Å². The Morgan fingerprint density at radius 1 is 1.36 bits per heavy atom. The number of hydrogen-bond donors (Lipinski definition) is 1. The number of nitrogens with zero attached hydrogens (tertiary/aromatic N) is 1. The van der Waals surface area contributed by atoms with Gasteiger partial charge in [0.1, 0.15) is 5.82 Å². The number of hydrogen-bond acceptors (Lipinski definition) is 1. The van der Waals surface area contributed by atoms with E-state index in [1.165, 1.54) is 12.1 Å². The van der Waals surface area contributed by atoms with Crippen LogP contribution in [0.4, 0.5) is 4.39 Å². The highest BCUT2D eigenvalue weighted by Crippen LogP contribution is 2.24. The van der Waals surface area contributed by atoms with Crippen LogP contribution in [0.5, 0.6) is 0 Å². The quantitative estimate of drug-likeness (QED) is 0.820. The Morgan fingerprint density at radius 2 is 2.21 bits per heavy atom. The second-order valence-corrected chi connectivity index (χ2v) is 3.47. The minimum absolute atomic E-state index is 0.220. The van der Waals surface area contributed by atoms with E-state index in [4.69, 9.17) is 0 Å². The van der Waals surface area contributed by atoms with Gasteiger partial charge in [-0.3, -0.25) is 5.10 Å². The zero-order valence-electron chi connectivity index (χ0n) is 7.30. The highest BCUT2D eigenvalue weighted by Gasteiger charge is 2.06. The van der Waals surface area contributed by atoms with Gasteiger partial charge in [0.2, 0.25) is 0 Å². The van der Waals surface area contributed by atoms with Crippen LogP contribution in [0, 0.1) is 5.82 Å². The fraction of sp³-hybridized carbons (Fsp3) is 0.100. The molecule has 1 aromatic carbocycles. The van der Waals surface area contributed by atoms with Crippen molar-refractivity contribution in [3.05, 3.63) is 41.8 Å². The Bertz CT molecular complexity index is 426. The Balaban J connectivity index is 2.53. The first-order chi connectivity index (χ1) is 6.81. The number of H-pyrrole nitrogens is 1. The fourth-order valence-electron chi connectivity index (χ4n) is 1.34. The first kappa shape index (κ1) is 9.40. The minimum Gasteiger partial charge on any atom is -0.278 e. The predicted octanol–water partition coefficient (Wildman–Crippen LogP) is 3.11. The lowest BCUT2D eigenvalue weighted by atomic mass is 10.1. The minimum atomic E-state index is -0.220. The van der Waals surface area contributed by atoms with Gasteiger partial charge in [-0.1, -0.05) is 15.9 Å². The highest BCUT2D eigenvalue weighted by molar-refractivity contribution is 9.08. The second kappa shape index (κ2) is 3.92. The predicted molar refractivity (Wildman–Crippen MR) is 56.6 cm³/mol. The van der Waals surface area contributed by atoms with Crippen molar-refractivity contribution in [2.75, 3.05) is 0 Å². The van der Waals surface area contributed by atoms with E-state index in [1.807, 2.05) is 6.07 Å². The van der Waals surface area contributed by atoms with Crippen molar-refractivity contribution in [1.29, 1.82) is 0 Å². The molecule has 0 aliphatic heterocycles. The van der Waals surface area contributed by atoms with Crippen molar-refractivity contribution in [3.63, 3.8) is 0 Å². The van der Waals surface area contributed by atoms with E-state index in [0.29, 0.717) is 5.33 Å². The van der Waals surface area contributed by atoms with Gasteiger partial charge in [0.25, 0.3) is 0 Å². The van der Waals surface area contributed by atoms with Gasteiger partial charge in [0.15, 0.2) is 0 Å². The summed E-state index contributed by atoms with van der Waals surface area (Å²) in [5, 5.41) is 7.34. The summed E-state index contributed by atoms with van der Waals surface area (Å²) >= 11 is 3.33. The molecule has 0 saturated carbocycles. The maximum absolute atomic E-state index is 12.9. The van der Waals surface area contributed by atoms with E-state index < -0.39 is 0 Å². The van der Waals surface area contributed by atoms with E-state index >= 15 is 0 Å². The van der Waals surface area contributed by atoms with Crippen LogP contribution in [0.3, 0.4) is 0 Å². The molecule has 1 aromatic heterocycles. The molecule has 0 spiro atoms. The van der Waals surface area contributed by atoms with Crippen LogP contribution < -0.4 is 0 Å². The molecule has 0 amide bonds. The summed E-state index contributed by atoms with van der Waals surface area (Å²) in [4.78, 5) is 0. The van der Waals surface area contributed by atoms with Crippen molar-refractivity contribution in [2.24, 2.45) is 0 Å². The molecule has 1 heterocycles. The lowest BCUT2D eigenvalue weighted by molar-refractivity contribution is 0.626. The van der Waals surface area contributed by atoms with E-state index in [0.717, 1.165) is 16.8 Å². The first-order valence-corrected chi connectivity index (χ1v) is 5.27. The smallest absolute Gasteiger partial charge is 0.123 e. The molecule has 2 nitrogen and oxygen atoms in total. The Hall–Kier alpha value is -1.16. The summed E-state index contributed by atoms with van der Waals surface area (Å²) < 4.78 is 12.9. The zero-order chi connectivity index (χ0) is 9.97. The zero-order valence-corrected chi connectivity index (χ0v) is 8.88. The van der Waals surface area contributed by atoms with E-state index in [2.05, 4.69) is 26.1 Å². The lowest BCUT2D eigenvalue weighted by Crippen LogP contribution is -1.88. The number of halogens is 2. The van der Waals surface area contributed by atoms with Crippen molar-refractivity contribution in [2.45, 2.75) is 5.33 Å². The molecule has 14 heavy (non-hydrogen) atoms. The average molecular weight is 255 g/mol. The van der Waals surface area contributed by atoms with Crippen molar-refractivity contribution >= 4 is 15.9 Å². The lowest BCUT2D eigenvalue weighted by Gasteiger charge is -2.04. The molecular weight excluding hydrogens is 247 g/mol. The number of aromatic nitrogens is 2. The van der Waals surface area contributed by atoms with Gasteiger partial charge in [-0.2, -0.15) is 5.10 Å². The summed E-state index contributed by atoms with van der Waals surface area (Å²) in [7, 11) is 0. The molecule has 0 saturated heterocycles. The molecule has 2 rings (SSSR count). The van der Waals surface area contributed by atoms with Gasteiger partial charge in [0, 0.05) is 17.1 Å². The topological polar surface area (TPSA) is 28.7 Å². The SMILES string of the molecule is Fc1ccc(-c2ccn[nH]2)c(CBr)c1. The number of benzene rings is 1. The summed E-state index contributed by atoms with van der Waals surface area (Å²) in [5.74, 6) is -0.220. The number of aromatic amines is 1. The number of alkyl halides is 1.